The van der Waals surface area contributed by atoms with Crippen molar-refractivity contribution in [2.75, 3.05) is 0 Å². The number of fused-ring (bicyclic) bond motifs is 1. The second-order valence-electron chi connectivity index (χ2n) is 7.38. The molecule has 0 fully saturated rings. The number of aromatic amines is 1. The van der Waals surface area contributed by atoms with E-state index < -0.39 is 0 Å². The zero-order valence-electron chi connectivity index (χ0n) is 18.0. The van der Waals surface area contributed by atoms with Crippen LogP contribution in [-0.4, -0.2) is 24.7 Å². The number of aryl methyl sites for hydroxylation is 2. The number of aromatic nitrogens is 5. The molecule has 0 saturated heterocycles. The quantitative estimate of drug-likeness (QED) is 0.428. The number of benzene rings is 2. The van der Waals surface area contributed by atoms with Crippen LogP contribution in [0.5, 0.6) is 5.75 Å². The summed E-state index contributed by atoms with van der Waals surface area (Å²) in [6, 6.07) is 13.4. The fourth-order valence-corrected chi connectivity index (χ4v) is 4.49. The highest BCUT2D eigenvalue weighted by atomic mass is 32.2. The topological polar surface area (TPSA) is 85.7 Å². The molecule has 1 unspecified atom stereocenters. The minimum absolute atomic E-state index is 0.0980. The highest BCUT2D eigenvalue weighted by Gasteiger charge is 2.19. The van der Waals surface area contributed by atoms with E-state index in [1.165, 1.54) is 11.8 Å². The molecule has 7 nitrogen and oxygen atoms in total. The molecule has 0 aliphatic carbocycles. The fraction of sp³-hybridized carbons (Fsp3) is 0.304. The molecule has 0 amide bonds. The smallest absolute Gasteiger partial charge is 0.258 e. The lowest BCUT2D eigenvalue weighted by molar-refractivity contribution is 0.284. The monoisotopic (exact) mass is 435 g/mol. The van der Waals surface area contributed by atoms with Gasteiger partial charge in [0.15, 0.2) is 11.0 Å². The van der Waals surface area contributed by atoms with Crippen molar-refractivity contribution in [2.45, 2.75) is 51.3 Å². The Balaban J connectivity index is 1.54. The first-order chi connectivity index (χ1) is 15.0. The van der Waals surface area contributed by atoms with Gasteiger partial charge in [0.05, 0.1) is 16.2 Å². The molecule has 8 heteroatoms. The molecule has 2 aromatic heterocycles. The van der Waals surface area contributed by atoms with Gasteiger partial charge in [-0.05, 0) is 51.0 Å². The third kappa shape index (κ3) is 4.34. The molecule has 2 heterocycles. The van der Waals surface area contributed by atoms with Gasteiger partial charge in [0.2, 0.25) is 0 Å². The van der Waals surface area contributed by atoms with E-state index in [2.05, 4.69) is 27.1 Å². The van der Waals surface area contributed by atoms with Crippen LogP contribution in [0, 0.1) is 13.8 Å². The van der Waals surface area contributed by atoms with E-state index in [1.807, 2.05) is 61.7 Å². The minimum Gasteiger partial charge on any atom is -0.485 e. The zero-order chi connectivity index (χ0) is 22.0. The van der Waals surface area contributed by atoms with E-state index in [4.69, 9.17) is 4.74 Å². The molecule has 0 saturated carbocycles. The molecule has 0 bridgehead atoms. The van der Waals surface area contributed by atoms with E-state index in [-0.39, 0.29) is 10.8 Å². The maximum atomic E-state index is 12.4. The Morgan fingerprint density at radius 1 is 1.10 bits per heavy atom. The van der Waals surface area contributed by atoms with Crippen molar-refractivity contribution in [1.82, 2.24) is 24.7 Å². The Kier molecular flexibility index (Phi) is 6.08. The molecule has 1 N–H and O–H groups in total. The van der Waals surface area contributed by atoms with Gasteiger partial charge in [-0.25, -0.2) is 4.98 Å². The van der Waals surface area contributed by atoms with Crippen LogP contribution in [0.25, 0.3) is 10.9 Å². The number of nitrogens with one attached hydrogen (secondary N) is 1. The van der Waals surface area contributed by atoms with Crippen molar-refractivity contribution < 1.29 is 4.74 Å². The molecule has 4 aromatic rings. The van der Waals surface area contributed by atoms with Gasteiger partial charge in [0.25, 0.3) is 5.56 Å². The van der Waals surface area contributed by atoms with Crippen molar-refractivity contribution in [2.24, 2.45) is 0 Å². The first-order valence-electron chi connectivity index (χ1n) is 10.2. The van der Waals surface area contributed by atoms with Crippen molar-refractivity contribution in [3.05, 3.63) is 75.6 Å². The van der Waals surface area contributed by atoms with Crippen LogP contribution in [0.15, 0.2) is 52.4 Å². The summed E-state index contributed by atoms with van der Waals surface area (Å²) in [5, 5.41) is 9.98. The third-order valence-electron chi connectivity index (χ3n) is 5.16. The average Bonchev–Trinajstić information content (AvgIpc) is 3.14. The van der Waals surface area contributed by atoms with Crippen LogP contribution in [0.1, 0.15) is 41.9 Å². The van der Waals surface area contributed by atoms with Gasteiger partial charge < -0.3 is 14.3 Å². The van der Waals surface area contributed by atoms with Crippen LogP contribution in [-0.2, 0) is 13.2 Å². The number of hydrogen-bond acceptors (Lipinski definition) is 6. The normalized spacial score (nSPS) is 12.3. The van der Waals surface area contributed by atoms with Crippen LogP contribution in [0.3, 0.4) is 0 Å². The molecule has 160 valence electrons. The predicted octanol–water partition coefficient (Wildman–Crippen LogP) is 4.58. The van der Waals surface area contributed by atoms with Crippen LogP contribution in [0.4, 0.5) is 0 Å². The molecule has 2 aromatic carbocycles. The summed E-state index contributed by atoms with van der Waals surface area (Å²) in [7, 11) is 0. The van der Waals surface area contributed by atoms with Crippen molar-refractivity contribution in [3.8, 4) is 5.75 Å². The SMILES string of the molecule is CCn1c(COc2c(C)cccc2C)nnc1SC(C)c1nc2ccccc2c(=O)[nH]1. The first-order valence-corrected chi connectivity index (χ1v) is 11.1. The summed E-state index contributed by atoms with van der Waals surface area (Å²) >= 11 is 1.52. The summed E-state index contributed by atoms with van der Waals surface area (Å²) in [5.74, 6) is 2.26. The van der Waals surface area contributed by atoms with E-state index >= 15 is 0 Å². The number of thioether (sulfide) groups is 1. The highest BCUT2D eigenvalue weighted by Crippen LogP contribution is 2.32. The number of hydrogen-bond donors (Lipinski definition) is 1. The van der Waals surface area contributed by atoms with E-state index in [0.717, 1.165) is 34.4 Å². The maximum Gasteiger partial charge on any atom is 0.258 e. The highest BCUT2D eigenvalue weighted by molar-refractivity contribution is 7.99. The van der Waals surface area contributed by atoms with Gasteiger partial charge in [-0.15, -0.1) is 10.2 Å². The lowest BCUT2D eigenvalue weighted by atomic mass is 10.1. The van der Waals surface area contributed by atoms with Crippen LogP contribution < -0.4 is 10.3 Å². The van der Waals surface area contributed by atoms with Gasteiger partial charge in [-0.1, -0.05) is 42.1 Å². The standard InChI is InChI=1S/C23H25N5O2S/c1-5-28-19(13-30-20-14(2)9-8-10-15(20)3)26-27-23(28)31-16(4)21-24-18-12-7-6-11-17(18)22(29)25-21/h6-12,16H,5,13H2,1-4H3,(H,24,25,29). The fourth-order valence-electron chi connectivity index (χ4n) is 3.51. The number of ether oxygens (including phenoxy) is 1. The summed E-state index contributed by atoms with van der Waals surface area (Å²) in [6.07, 6.45) is 0. The van der Waals surface area contributed by atoms with Crippen molar-refractivity contribution >= 4 is 22.7 Å². The van der Waals surface area contributed by atoms with Gasteiger partial charge >= 0.3 is 0 Å². The van der Waals surface area contributed by atoms with Crippen LogP contribution >= 0.6 is 11.8 Å². The van der Waals surface area contributed by atoms with E-state index in [9.17, 15) is 4.79 Å². The molecular formula is C23H25N5O2S. The Hall–Kier alpha value is -3.13. The maximum absolute atomic E-state index is 12.4. The molecule has 31 heavy (non-hydrogen) atoms. The molecular weight excluding hydrogens is 410 g/mol. The van der Waals surface area contributed by atoms with Gasteiger partial charge in [0, 0.05) is 6.54 Å². The second-order valence-corrected chi connectivity index (χ2v) is 8.69. The molecule has 4 rings (SSSR count). The number of nitrogens with zero attached hydrogens (tertiary/aromatic N) is 4. The molecule has 0 spiro atoms. The lowest BCUT2D eigenvalue weighted by Crippen LogP contribution is -2.13. The molecule has 0 radical (unpaired) electrons. The largest absolute Gasteiger partial charge is 0.485 e. The minimum atomic E-state index is -0.132. The van der Waals surface area contributed by atoms with E-state index in [0.29, 0.717) is 23.3 Å². The second kappa shape index (κ2) is 8.93. The zero-order valence-corrected chi connectivity index (χ0v) is 18.9. The Bertz CT molecular complexity index is 1260. The van der Waals surface area contributed by atoms with Gasteiger partial charge in [0.1, 0.15) is 18.2 Å². The molecule has 0 aliphatic heterocycles. The third-order valence-corrected chi connectivity index (χ3v) is 6.25. The number of H-pyrrole nitrogens is 1. The first kappa shape index (κ1) is 21.1. The Morgan fingerprint density at radius 2 is 1.84 bits per heavy atom. The summed E-state index contributed by atoms with van der Waals surface area (Å²) in [5.41, 5.74) is 2.75. The summed E-state index contributed by atoms with van der Waals surface area (Å²) in [6.45, 7) is 9.18. The lowest BCUT2D eigenvalue weighted by Gasteiger charge is -2.14. The van der Waals surface area contributed by atoms with E-state index in [1.54, 1.807) is 6.07 Å². The van der Waals surface area contributed by atoms with Gasteiger partial charge in [-0.3, -0.25) is 4.79 Å². The van der Waals surface area contributed by atoms with Crippen LogP contribution in [0.2, 0.25) is 0 Å². The summed E-state index contributed by atoms with van der Waals surface area (Å²) in [4.78, 5) is 19.9. The van der Waals surface area contributed by atoms with Crippen molar-refractivity contribution in [3.63, 3.8) is 0 Å². The predicted molar refractivity (Wildman–Crippen MR) is 123 cm³/mol. The number of rotatable bonds is 7. The summed E-state index contributed by atoms with van der Waals surface area (Å²) < 4.78 is 8.11. The molecule has 0 aliphatic rings. The average molecular weight is 436 g/mol. The van der Waals surface area contributed by atoms with Gasteiger partial charge in [-0.2, -0.15) is 0 Å². The van der Waals surface area contributed by atoms with Crippen molar-refractivity contribution in [1.29, 1.82) is 0 Å². The molecule has 1 atom stereocenters. The Morgan fingerprint density at radius 3 is 2.58 bits per heavy atom. The Labute approximate surface area is 184 Å². The number of para-hydroxylation sites is 2.